The van der Waals surface area contributed by atoms with Crippen LogP contribution < -0.4 is 5.73 Å². The van der Waals surface area contributed by atoms with E-state index in [9.17, 15) is 0 Å². The Labute approximate surface area is 85.3 Å². The van der Waals surface area contributed by atoms with Crippen LogP contribution in [0.15, 0.2) is 24.3 Å². The van der Waals surface area contributed by atoms with Crippen molar-refractivity contribution in [1.29, 1.82) is 0 Å². The Morgan fingerprint density at radius 2 is 2.00 bits per heavy atom. The zero-order valence-electron chi connectivity index (χ0n) is 8.72. The summed E-state index contributed by atoms with van der Waals surface area (Å²) in [5.74, 6) is 0. The van der Waals surface area contributed by atoms with Gasteiger partial charge in [-0.1, -0.05) is 29.8 Å². The van der Waals surface area contributed by atoms with E-state index in [1.165, 1.54) is 36.8 Å². The monoisotopic (exact) mass is 187 g/mol. The van der Waals surface area contributed by atoms with Gasteiger partial charge in [-0.05, 0) is 43.6 Å². The molecule has 0 amide bonds. The van der Waals surface area contributed by atoms with E-state index in [0.717, 1.165) is 0 Å². The molecule has 1 nitrogen and oxygen atoms in total. The first kappa shape index (κ1) is 8.49. The van der Waals surface area contributed by atoms with E-state index in [0.29, 0.717) is 5.41 Å². The molecule has 0 saturated heterocycles. The van der Waals surface area contributed by atoms with Crippen LogP contribution in [0, 0.1) is 12.3 Å². The number of aryl methyl sites for hydroxylation is 1. The molecular weight excluding hydrogens is 170 g/mol. The summed E-state index contributed by atoms with van der Waals surface area (Å²) in [6.45, 7) is 2.16. The van der Waals surface area contributed by atoms with E-state index in [2.05, 4.69) is 31.2 Å². The van der Waals surface area contributed by atoms with Crippen LogP contribution in [0.3, 0.4) is 0 Å². The lowest BCUT2D eigenvalue weighted by atomic mass is 9.38. The largest absolute Gasteiger partial charge is 0.325 e. The Morgan fingerprint density at radius 3 is 2.57 bits per heavy atom. The van der Waals surface area contributed by atoms with Gasteiger partial charge >= 0.3 is 0 Å². The van der Waals surface area contributed by atoms with Crippen LogP contribution in [0.4, 0.5) is 0 Å². The van der Waals surface area contributed by atoms with E-state index in [4.69, 9.17) is 5.73 Å². The second kappa shape index (κ2) is 2.40. The van der Waals surface area contributed by atoms with Crippen molar-refractivity contribution in [3.05, 3.63) is 35.4 Å². The highest BCUT2D eigenvalue weighted by Gasteiger charge is 2.65. The van der Waals surface area contributed by atoms with Crippen LogP contribution in [0.1, 0.15) is 30.4 Å². The molecule has 3 saturated carbocycles. The zero-order valence-corrected chi connectivity index (χ0v) is 8.72. The molecule has 0 aliphatic heterocycles. The highest BCUT2D eigenvalue weighted by atomic mass is 14.9. The normalized spacial score (nSPS) is 38.7. The molecule has 0 spiro atoms. The Bertz CT molecular complexity index is 361. The van der Waals surface area contributed by atoms with Crippen LogP contribution in [0.2, 0.25) is 0 Å². The average molecular weight is 187 g/mol. The third-order valence-electron chi connectivity index (χ3n) is 3.84. The minimum atomic E-state index is 0.254. The highest BCUT2D eigenvalue weighted by molar-refractivity contribution is 5.29. The van der Waals surface area contributed by atoms with Crippen LogP contribution >= 0.6 is 0 Å². The molecule has 74 valence electrons. The molecular formula is C13H17N. The first-order valence-corrected chi connectivity index (χ1v) is 5.44. The van der Waals surface area contributed by atoms with Gasteiger partial charge in [0.15, 0.2) is 0 Å². The molecule has 0 atom stereocenters. The van der Waals surface area contributed by atoms with Gasteiger partial charge in [0.25, 0.3) is 0 Å². The van der Waals surface area contributed by atoms with Crippen LogP contribution in [-0.4, -0.2) is 5.54 Å². The standard InChI is InChI=1S/C13H17N/c1-10-3-2-4-11(5-10)6-12-7-13(14,8-12)9-12/h2-5H,6-9,14H2,1H3. The molecule has 1 aromatic rings. The van der Waals surface area contributed by atoms with Crippen LogP contribution in [0.25, 0.3) is 0 Å². The predicted molar refractivity (Wildman–Crippen MR) is 58.1 cm³/mol. The summed E-state index contributed by atoms with van der Waals surface area (Å²) in [7, 11) is 0. The van der Waals surface area contributed by atoms with Gasteiger partial charge in [-0.15, -0.1) is 0 Å². The fourth-order valence-electron chi connectivity index (χ4n) is 3.53. The molecule has 0 radical (unpaired) electrons. The van der Waals surface area contributed by atoms with E-state index in [1.807, 2.05) is 0 Å². The molecule has 3 aliphatic rings. The van der Waals surface area contributed by atoms with Crippen molar-refractivity contribution >= 4 is 0 Å². The quantitative estimate of drug-likeness (QED) is 0.756. The Hall–Kier alpha value is -0.820. The molecule has 1 heteroatoms. The lowest BCUT2D eigenvalue weighted by Gasteiger charge is -2.69. The first-order valence-electron chi connectivity index (χ1n) is 5.44. The minimum Gasteiger partial charge on any atom is -0.325 e. The maximum atomic E-state index is 6.06. The summed E-state index contributed by atoms with van der Waals surface area (Å²) < 4.78 is 0. The van der Waals surface area contributed by atoms with Crippen LogP contribution in [-0.2, 0) is 6.42 Å². The van der Waals surface area contributed by atoms with E-state index in [-0.39, 0.29) is 5.54 Å². The third kappa shape index (κ3) is 1.12. The SMILES string of the molecule is Cc1cccc(CC23CC(N)(C2)C3)c1. The van der Waals surface area contributed by atoms with Gasteiger partial charge in [0.05, 0.1) is 0 Å². The fourth-order valence-corrected chi connectivity index (χ4v) is 3.53. The molecule has 4 rings (SSSR count). The second-order valence-corrected chi connectivity index (χ2v) is 5.56. The zero-order chi connectivity index (χ0) is 9.81. The van der Waals surface area contributed by atoms with Crippen molar-refractivity contribution in [1.82, 2.24) is 0 Å². The van der Waals surface area contributed by atoms with E-state index in [1.54, 1.807) is 0 Å². The fraction of sp³-hybridized carbons (Fsp3) is 0.538. The topological polar surface area (TPSA) is 26.0 Å². The van der Waals surface area contributed by atoms with Crippen LogP contribution in [0.5, 0.6) is 0 Å². The maximum absolute atomic E-state index is 6.06. The van der Waals surface area contributed by atoms with Crippen molar-refractivity contribution < 1.29 is 0 Å². The minimum absolute atomic E-state index is 0.254. The molecule has 2 bridgehead atoms. The van der Waals surface area contributed by atoms with Gasteiger partial charge in [0, 0.05) is 5.54 Å². The van der Waals surface area contributed by atoms with Crippen molar-refractivity contribution in [2.24, 2.45) is 11.1 Å². The Balaban J connectivity index is 1.74. The molecule has 3 fully saturated rings. The second-order valence-electron chi connectivity index (χ2n) is 5.56. The van der Waals surface area contributed by atoms with Gasteiger partial charge in [-0.3, -0.25) is 0 Å². The molecule has 0 unspecified atom stereocenters. The molecule has 3 aliphatic carbocycles. The molecule has 2 N–H and O–H groups in total. The number of rotatable bonds is 2. The van der Waals surface area contributed by atoms with Gasteiger partial charge < -0.3 is 5.73 Å². The maximum Gasteiger partial charge on any atom is 0.0170 e. The van der Waals surface area contributed by atoms with E-state index < -0.39 is 0 Å². The summed E-state index contributed by atoms with van der Waals surface area (Å²) >= 11 is 0. The van der Waals surface area contributed by atoms with Gasteiger partial charge in [-0.25, -0.2) is 0 Å². The lowest BCUT2D eigenvalue weighted by molar-refractivity contribution is -0.130. The summed E-state index contributed by atoms with van der Waals surface area (Å²) in [5, 5.41) is 0. The summed E-state index contributed by atoms with van der Waals surface area (Å²) in [5.41, 5.74) is 9.77. The highest BCUT2D eigenvalue weighted by Crippen LogP contribution is 2.67. The summed E-state index contributed by atoms with van der Waals surface area (Å²) in [4.78, 5) is 0. The molecule has 1 aromatic carbocycles. The summed E-state index contributed by atoms with van der Waals surface area (Å²) in [6.07, 6.45) is 5.02. The summed E-state index contributed by atoms with van der Waals surface area (Å²) in [6, 6.07) is 8.88. The van der Waals surface area contributed by atoms with Gasteiger partial charge in [0.2, 0.25) is 0 Å². The van der Waals surface area contributed by atoms with E-state index >= 15 is 0 Å². The Kier molecular flexibility index (Phi) is 1.46. The van der Waals surface area contributed by atoms with Crippen molar-refractivity contribution in [3.63, 3.8) is 0 Å². The average Bonchev–Trinajstić information content (AvgIpc) is 1.99. The van der Waals surface area contributed by atoms with Crippen molar-refractivity contribution in [3.8, 4) is 0 Å². The predicted octanol–water partition coefficient (Wildman–Crippen LogP) is 2.42. The smallest absolute Gasteiger partial charge is 0.0170 e. The van der Waals surface area contributed by atoms with Crippen molar-refractivity contribution in [2.45, 2.75) is 38.1 Å². The van der Waals surface area contributed by atoms with Crippen molar-refractivity contribution in [2.75, 3.05) is 0 Å². The lowest BCUT2D eigenvalue weighted by Crippen LogP contribution is -2.72. The van der Waals surface area contributed by atoms with Gasteiger partial charge in [-0.2, -0.15) is 0 Å². The third-order valence-corrected chi connectivity index (χ3v) is 3.84. The first-order chi connectivity index (χ1) is 6.59. The number of nitrogens with two attached hydrogens (primary N) is 1. The number of benzene rings is 1. The molecule has 0 aromatic heterocycles. The van der Waals surface area contributed by atoms with Gasteiger partial charge in [0.1, 0.15) is 0 Å². The number of hydrogen-bond donors (Lipinski definition) is 1. The Morgan fingerprint density at radius 1 is 1.29 bits per heavy atom. The molecule has 14 heavy (non-hydrogen) atoms. The number of hydrogen-bond acceptors (Lipinski definition) is 1. The molecule has 0 heterocycles.